The zero-order valence-corrected chi connectivity index (χ0v) is 9.94. The number of rotatable bonds is 4. The molecule has 0 spiro atoms. The average Bonchev–Trinajstić information content (AvgIpc) is 2.16. The first-order valence-corrected chi connectivity index (χ1v) is 5.99. The molecule has 0 bridgehead atoms. The maximum atomic E-state index is 8.84. The fourth-order valence-electron chi connectivity index (χ4n) is 0.822. The van der Waals surface area contributed by atoms with Crippen LogP contribution >= 0.6 is 27.7 Å². The largest absolute Gasteiger partial charge is 0.396 e. The lowest BCUT2D eigenvalue weighted by Crippen LogP contribution is -2.02. The minimum absolute atomic E-state index is 0.267. The number of aliphatic hydroxyl groups excluding tert-OH is 1. The molecule has 13 heavy (non-hydrogen) atoms. The van der Waals surface area contributed by atoms with Crippen LogP contribution in [0, 0.1) is 5.92 Å². The molecular formula is C10H13BrOS. The molecule has 0 aromatic heterocycles. The van der Waals surface area contributed by atoms with E-state index in [2.05, 4.69) is 28.1 Å². The highest BCUT2D eigenvalue weighted by molar-refractivity contribution is 9.10. The topological polar surface area (TPSA) is 20.2 Å². The van der Waals surface area contributed by atoms with E-state index in [0.29, 0.717) is 5.92 Å². The van der Waals surface area contributed by atoms with Crippen LogP contribution in [0.25, 0.3) is 0 Å². The maximum absolute atomic E-state index is 8.84. The second-order valence-corrected chi connectivity index (χ2v) is 5.06. The molecule has 1 aromatic carbocycles. The predicted molar refractivity (Wildman–Crippen MR) is 61.1 cm³/mol. The Morgan fingerprint density at radius 1 is 1.38 bits per heavy atom. The third-order valence-corrected chi connectivity index (χ3v) is 3.53. The SMILES string of the molecule is CC(CO)CSc1ccc(Br)cc1. The van der Waals surface area contributed by atoms with Gasteiger partial charge in [-0.3, -0.25) is 0 Å². The second-order valence-electron chi connectivity index (χ2n) is 3.05. The Balaban J connectivity index is 2.41. The number of hydrogen-bond acceptors (Lipinski definition) is 2. The molecule has 0 fully saturated rings. The molecule has 0 heterocycles. The van der Waals surface area contributed by atoms with Crippen LogP contribution in [0.15, 0.2) is 33.6 Å². The van der Waals surface area contributed by atoms with Crippen LogP contribution in [0.5, 0.6) is 0 Å². The third kappa shape index (κ3) is 4.16. The van der Waals surface area contributed by atoms with Gasteiger partial charge in [0, 0.05) is 21.7 Å². The van der Waals surface area contributed by atoms with Gasteiger partial charge in [0.2, 0.25) is 0 Å². The average molecular weight is 261 g/mol. The normalized spacial score (nSPS) is 12.8. The first kappa shape index (κ1) is 11.1. The molecule has 72 valence electrons. The van der Waals surface area contributed by atoms with Gasteiger partial charge in [-0.05, 0) is 30.2 Å². The molecule has 0 aliphatic rings. The quantitative estimate of drug-likeness (QED) is 0.840. The highest BCUT2D eigenvalue weighted by Crippen LogP contribution is 2.22. The van der Waals surface area contributed by atoms with Crippen molar-refractivity contribution >= 4 is 27.7 Å². The van der Waals surface area contributed by atoms with Crippen LogP contribution in [-0.4, -0.2) is 17.5 Å². The smallest absolute Gasteiger partial charge is 0.0464 e. The number of hydrogen-bond donors (Lipinski definition) is 1. The molecule has 0 aliphatic heterocycles. The van der Waals surface area contributed by atoms with Crippen LogP contribution in [0.4, 0.5) is 0 Å². The van der Waals surface area contributed by atoms with Gasteiger partial charge in [0.15, 0.2) is 0 Å². The van der Waals surface area contributed by atoms with Crippen molar-refractivity contribution in [2.75, 3.05) is 12.4 Å². The Kier molecular flexibility index (Phi) is 4.84. The van der Waals surface area contributed by atoms with E-state index in [1.165, 1.54) is 4.90 Å². The molecular weight excluding hydrogens is 248 g/mol. The molecule has 1 atom stereocenters. The Bertz CT molecular complexity index is 248. The fourth-order valence-corrected chi connectivity index (χ4v) is 2.00. The lowest BCUT2D eigenvalue weighted by atomic mass is 10.2. The first-order chi connectivity index (χ1) is 6.22. The monoisotopic (exact) mass is 260 g/mol. The highest BCUT2D eigenvalue weighted by atomic mass is 79.9. The number of benzene rings is 1. The fraction of sp³-hybridized carbons (Fsp3) is 0.400. The van der Waals surface area contributed by atoms with Gasteiger partial charge in [0.1, 0.15) is 0 Å². The summed E-state index contributed by atoms with van der Waals surface area (Å²) in [7, 11) is 0. The van der Waals surface area contributed by atoms with Crippen molar-refractivity contribution in [1.82, 2.24) is 0 Å². The molecule has 1 unspecified atom stereocenters. The van der Waals surface area contributed by atoms with Crippen molar-refractivity contribution in [3.05, 3.63) is 28.7 Å². The lowest BCUT2D eigenvalue weighted by Gasteiger charge is -2.06. The van der Waals surface area contributed by atoms with Crippen molar-refractivity contribution in [2.45, 2.75) is 11.8 Å². The van der Waals surface area contributed by atoms with Gasteiger partial charge >= 0.3 is 0 Å². The van der Waals surface area contributed by atoms with E-state index in [4.69, 9.17) is 5.11 Å². The molecule has 3 heteroatoms. The zero-order chi connectivity index (χ0) is 9.68. The zero-order valence-electron chi connectivity index (χ0n) is 7.53. The van der Waals surface area contributed by atoms with Gasteiger partial charge < -0.3 is 5.11 Å². The summed E-state index contributed by atoms with van der Waals surface area (Å²) in [6, 6.07) is 8.23. The molecule has 1 N–H and O–H groups in total. The summed E-state index contributed by atoms with van der Waals surface area (Å²) in [4.78, 5) is 1.25. The summed E-state index contributed by atoms with van der Waals surface area (Å²) in [5.74, 6) is 1.34. The first-order valence-electron chi connectivity index (χ1n) is 4.21. The van der Waals surface area contributed by atoms with Crippen LogP contribution in [0.1, 0.15) is 6.92 Å². The van der Waals surface area contributed by atoms with Crippen molar-refractivity contribution < 1.29 is 5.11 Å². The van der Waals surface area contributed by atoms with Crippen LogP contribution < -0.4 is 0 Å². The van der Waals surface area contributed by atoms with Crippen LogP contribution in [0.3, 0.4) is 0 Å². The molecule has 0 saturated carbocycles. The molecule has 1 aromatic rings. The molecule has 0 radical (unpaired) electrons. The van der Waals surface area contributed by atoms with E-state index in [1.54, 1.807) is 11.8 Å². The summed E-state index contributed by atoms with van der Waals surface area (Å²) < 4.78 is 1.10. The van der Waals surface area contributed by atoms with Gasteiger partial charge in [-0.2, -0.15) is 0 Å². The maximum Gasteiger partial charge on any atom is 0.0464 e. The lowest BCUT2D eigenvalue weighted by molar-refractivity contribution is 0.250. The van der Waals surface area contributed by atoms with E-state index in [9.17, 15) is 0 Å². The summed E-state index contributed by atoms with van der Waals surface area (Å²) in [6.07, 6.45) is 0. The standard InChI is InChI=1S/C10H13BrOS/c1-8(6-12)7-13-10-4-2-9(11)3-5-10/h2-5,8,12H,6-7H2,1H3. The van der Waals surface area contributed by atoms with E-state index in [-0.39, 0.29) is 6.61 Å². The number of aliphatic hydroxyl groups is 1. The minimum Gasteiger partial charge on any atom is -0.396 e. The summed E-state index contributed by atoms with van der Waals surface area (Å²) in [5.41, 5.74) is 0. The van der Waals surface area contributed by atoms with E-state index in [0.717, 1.165) is 10.2 Å². The molecule has 0 saturated heterocycles. The third-order valence-electron chi connectivity index (χ3n) is 1.66. The van der Waals surface area contributed by atoms with Crippen molar-refractivity contribution in [1.29, 1.82) is 0 Å². The minimum atomic E-state index is 0.267. The van der Waals surface area contributed by atoms with Crippen molar-refractivity contribution in [3.8, 4) is 0 Å². The van der Waals surface area contributed by atoms with Crippen molar-refractivity contribution in [3.63, 3.8) is 0 Å². The second kappa shape index (κ2) is 5.68. The van der Waals surface area contributed by atoms with Gasteiger partial charge in [0.05, 0.1) is 0 Å². The number of halogens is 1. The highest BCUT2D eigenvalue weighted by Gasteiger charge is 2.00. The molecule has 0 amide bonds. The van der Waals surface area contributed by atoms with E-state index in [1.807, 2.05) is 19.1 Å². The summed E-state index contributed by atoms with van der Waals surface area (Å²) in [6.45, 7) is 2.31. The number of thioether (sulfide) groups is 1. The van der Waals surface area contributed by atoms with E-state index < -0.39 is 0 Å². The molecule has 1 rings (SSSR count). The van der Waals surface area contributed by atoms with Gasteiger partial charge in [-0.15, -0.1) is 11.8 Å². The summed E-state index contributed by atoms with van der Waals surface area (Å²) in [5, 5.41) is 8.84. The van der Waals surface area contributed by atoms with E-state index >= 15 is 0 Å². The Labute approximate surface area is 91.7 Å². The summed E-state index contributed by atoms with van der Waals surface area (Å²) >= 11 is 5.17. The van der Waals surface area contributed by atoms with Gasteiger partial charge in [0.25, 0.3) is 0 Å². The Morgan fingerprint density at radius 3 is 2.54 bits per heavy atom. The van der Waals surface area contributed by atoms with Crippen molar-refractivity contribution in [2.24, 2.45) is 5.92 Å². The Morgan fingerprint density at radius 2 is 2.00 bits per heavy atom. The van der Waals surface area contributed by atoms with Crippen LogP contribution in [0.2, 0.25) is 0 Å². The Hall–Kier alpha value is 0.01000. The molecule has 0 aliphatic carbocycles. The van der Waals surface area contributed by atoms with Gasteiger partial charge in [-0.1, -0.05) is 22.9 Å². The van der Waals surface area contributed by atoms with Gasteiger partial charge in [-0.25, -0.2) is 0 Å². The van der Waals surface area contributed by atoms with Crippen LogP contribution in [-0.2, 0) is 0 Å². The molecule has 1 nitrogen and oxygen atoms in total. The predicted octanol–water partition coefficient (Wildman–Crippen LogP) is 3.17.